The van der Waals surface area contributed by atoms with Crippen LogP contribution in [0.5, 0.6) is 0 Å². The maximum Gasteiger partial charge on any atom is 0.0852 e. The van der Waals surface area contributed by atoms with Gasteiger partial charge >= 0.3 is 0 Å². The number of hydrogen-bond acceptors (Lipinski definition) is 3. The smallest absolute Gasteiger partial charge is 0.0852 e. The molecule has 3 rings (SSSR count). The predicted octanol–water partition coefficient (Wildman–Crippen LogP) is 2.13. The number of aromatic nitrogens is 2. The quantitative estimate of drug-likeness (QED) is 0.922. The molecular weight excluding hydrogens is 248 g/mol. The zero-order chi connectivity index (χ0) is 14.0. The van der Waals surface area contributed by atoms with Gasteiger partial charge in [0.25, 0.3) is 0 Å². The molecule has 4 nitrogen and oxygen atoms in total. The van der Waals surface area contributed by atoms with E-state index >= 15 is 0 Å². The van der Waals surface area contributed by atoms with Gasteiger partial charge in [0.1, 0.15) is 0 Å². The van der Waals surface area contributed by atoms with Crippen molar-refractivity contribution < 1.29 is 0 Å². The SMILES string of the molecule is Cn1nccc1CNC1CC(C#N)(c2ccccc2)C1. The van der Waals surface area contributed by atoms with Crippen LogP contribution in [0.15, 0.2) is 42.6 Å². The molecule has 1 saturated carbocycles. The second-order valence-electron chi connectivity index (χ2n) is 5.49. The molecule has 0 unspecified atom stereocenters. The van der Waals surface area contributed by atoms with Crippen LogP contribution in [0, 0.1) is 11.3 Å². The summed E-state index contributed by atoms with van der Waals surface area (Å²) in [7, 11) is 1.95. The normalized spacial score (nSPS) is 24.9. The minimum absolute atomic E-state index is 0.300. The molecule has 1 fully saturated rings. The number of aryl methyl sites for hydroxylation is 1. The molecule has 4 heteroatoms. The van der Waals surface area contributed by atoms with E-state index in [1.165, 1.54) is 5.69 Å². The molecule has 0 amide bonds. The van der Waals surface area contributed by atoms with E-state index in [-0.39, 0.29) is 5.41 Å². The second kappa shape index (κ2) is 5.10. The topological polar surface area (TPSA) is 53.6 Å². The van der Waals surface area contributed by atoms with Crippen molar-refractivity contribution in [3.63, 3.8) is 0 Å². The van der Waals surface area contributed by atoms with Gasteiger partial charge in [-0.15, -0.1) is 0 Å². The fraction of sp³-hybridized carbons (Fsp3) is 0.375. The van der Waals surface area contributed by atoms with Gasteiger partial charge in [-0.25, -0.2) is 0 Å². The van der Waals surface area contributed by atoms with Gasteiger partial charge in [0.05, 0.1) is 17.2 Å². The number of benzene rings is 1. The van der Waals surface area contributed by atoms with Gasteiger partial charge < -0.3 is 5.32 Å². The average Bonchev–Trinajstić information content (AvgIpc) is 2.84. The van der Waals surface area contributed by atoms with Gasteiger partial charge in [-0.3, -0.25) is 4.68 Å². The van der Waals surface area contributed by atoms with E-state index < -0.39 is 0 Å². The molecule has 1 aliphatic carbocycles. The Morgan fingerprint density at radius 3 is 2.70 bits per heavy atom. The molecule has 1 aromatic heterocycles. The molecule has 0 spiro atoms. The Bertz CT molecular complexity index is 617. The summed E-state index contributed by atoms with van der Waals surface area (Å²) < 4.78 is 1.88. The Kier molecular flexibility index (Phi) is 3.29. The first kappa shape index (κ1) is 12.9. The van der Waals surface area contributed by atoms with Crippen LogP contribution in [-0.2, 0) is 19.0 Å². The van der Waals surface area contributed by atoms with Crippen molar-refractivity contribution >= 4 is 0 Å². The van der Waals surface area contributed by atoms with Gasteiger partial charge in [0.15, 0.2) is 0 Å². The van der Waals surface area contributed by atoms with Crippen LogP contribution in [-0.4, -0.2) is 15.8 Å². The van der Waals surface area contributed by atoms with E-state index in [0.29, 0.717) is 6.04 Å². The second-order valence-corrected chi connectivity index (χ2v) is 5.49. The van der Waals surface area contributed by atoms with Crippen molar-refractivity contribution in [3.8, 4) is 6.07 Å². The highest BCUT2D eigenvalue weighted by Gasteiger charge is 2.45. The van der Waals surface area contributed by atoms with E-state index in [9.17, 15) is 5.26 Å². The lowest BCUT2D eigenvalue weighted by atomic mass is 9.62. The molecule has 1 aliphatic rings. The zero-order valence-electron chi connectivity index (χ0n) is 11.6. The summed E-state index contributed by atoms with van der Waals surface area (Å²) >= 11 is 0. The maximum absolute atomic E-state index is 9.51. The molecule has 0 bridgehead atoms. The number of hydrogen-bond donors (Lipinski definition) is 1. The third-order valence-corrected chi connectivity index (χ3v) is 4.22. The summed E-state index contributed by atoms with van der Waals surface area (Å²) in [4.78, 5) is 0. The maximum atomic E-state index is 9.51. The van der Waals surface area contributed by atoms with E-state index in [0.717, 1.165) is 24.9 Å². The molecule has 102 valence electrons. The van der Waals surface area contributed by atoms with Crippen molar-refractivity contribution in [1.29, 1.82) is 5.26 Å². The fourth-order valence-corrected chi connectivity index (χ4v) is 2.90. The summed E-state index contributed by atoms with van der Waals surface area (Å²) in [6, 6.07) is 15.0. The lowest BCUT2D eigenvalue weighted by Gasteiger charge is -2.43. The van der Waals surface area contributed by atoms with Gasteiger partial charge in [-0.05, 0) is 24.5 Å². The molecule has 1 aromatic carbocycles. The van der Waals surface area contributed by atoms with E-state index in [2.05, 4.69) is 28.6 Å². The van der Waals surface area contributed by atoms with Crippen molar-refractivity contribution in [2.24, 2.45) is 7.05 Å². The van der Waals surface area contributed by atoms with Crippen LogP contribution in [0.1, 0.15) is 24.1 Å². The first-order chi connectivity index (χ1) is 9.73. The monoisotopic (exact) mass is 266 g/mol. The minimum atomic E-state index is -0.300. The summed E-state index contributed by atoms with van der Waals surface area (Å²) in [5, 5.41) is 17.2. The number of nitrogens with one attached hydrogen (secondary N) is 1. The van der Waals surface area contributed by atoms with Gasteiger partial charge in [-0.2, -0.15) is 10.4 Å². The Morgan fingerprint density at radius 2 is 2.10 bits per heavy atom. The highest BCUT2D eigenvalue weighted by atomic mass is 15.3. The summed E-state index contributed by atoms with van der Waals surface area (Å²) in [6.45, 7) is 0.803. The lowest BCUT2D eigenvalue weighted by Crippen LogP contribution is -2.50. The highest BCUT2D eigenvalue weighted by Crippen LogP contribution is 2.43. The van der Waals surface area contributed by atoms with Crippen molar-refractivity contribution in [2.45, 2.75) is 30.8 Å². The molecule has 0 saturated heterocycles. The van der Waals surface area contributed by atoms with Crippen molar-refractivity contribution in [3.05, 3.63) is 53.9 Å². The van der Waals surface area contributed by atoms with Crippen molar-refractivity contribution in [1.82, 2.24) is 15.1 Å². The Balaban J connectivity index is 1.60. The lowest BCUT2D eigenvalue weighted by molar-refractivity contribution is 0.224. The Labute approximate surface area is 119 Å². The Hall–Kier alpha value is -2.12. The molecule has 0 atom stereocenters. The molecule has 1 N–H and O–H groups in total. The largest absolute Gasteiger partial charge is 0.308 e. The van der Waals surface area contributed by atoms with Crippen molar-refractivity contribution in [2.75, 3.05) is 0 Å². The Morgan fingerprint density at radius 1 is 1.35 bits per heavy atom. The van der Waals surface area contributed by atoms with Crippen LogP contribution in [0.3, 0.4) is 0 Å². The van der Waals surface area contributed by atoms with Gasteiger partial charge in [0.2, 0.25) is 0 Å². The highest BCUT2D eigenvalue weighted by molar-refractivity contribution is 5.36. The zero-order valence-corrected chi connectivity index (χ0v) is 11.6. The summed E-state index contributed by atoms with van der Waals surface area (Å²) in [5.41, 5.74) is 2.01. The van der Waals surface area contributed by atoms with Crippen LogP contribution >= 0.6 is 0 Å². The first-order valence-corrected chi connectivity index (χ1v) is 6.90. The number of nitriles is 1. The van der Waals surface area contributed by atoms with E-state index in [1.54, 1.807) is 6.20 Å². The van der Waals surface area contributed by atoms with Crippen LogP contribution < -0.4 is 5.32 Å². The molecule has 0 aliphatic heterocycles. The molecular formula is C16H18N4. The third-order valence-electron chi connectivity index (χ3n) is 4.22. The predicted molar refractivity (Wildman–Crippen MR) is 76.8 cm³/mol. The summed E-state index contributed by atoms with van der Waals surface area (Å²) in [6.07, 6.45) is 3.57. The molecule has 2 aromatic rings. The van der Waals surface area contributed by atoms with Gasteiger partial charge in [0, 0.05) is 25.8 Å². The number of nitrogens with zero attached hydrogens (tertiary/aromatic N) is 3. The molecule has 1 heterocycles. The first-order valence-electron chi connectivity index (χ1n) is 6.90. The third kappa shape index (κ3) is 2.21. The van der Waals surface area contributed by atoms with Crippen LogP contribution in [0.4, 0.5) is 0 Å². The molecule has 20 heavy (non-hydrogen) atoms. The van der Waals surface area contributed by atoms with E-state index in [4.69, 9.17) is 0 Å². The number of rotatable bonds is 4. The van der Waals surface area contributed by atoms with Crippen LogP contribution in [0.25, 0.3) is 0 Å². The fourth-order valence-electron chi connectivity index (χ4n) is 2.90. The standard InChI is InChI=1S/C16H18N4/c1-20-15(7-8-19-20)11-18-14-9-16(10-14,12-17)13-5-3-2-4-6-13/h2-8,14,18H,9-11H2,1H3. The van der Waals surface area contributed by atoms with E-state index in [1.807, 2.05) is 36.0 Å². The average molecular weight is 266 g/mol. The molecule has 0 radical (unpaired) electrons. The van der Waals surface area contributed by atoms with Crippen LogP contribution in [0.2, 0.25) is 0 Å². The summed E-state index contributed by atoms with van der Waals surface area (Å²) in [5.74, 6) is 0. The minimum Gasteiger partial charge on any atom is -0.308 e. The van der Waals surface area contributed by atoms with Gasteiger partial charge in [-0.1, -0.05) is 30.3 Å².